The van der Waals surface area contributed by atoms with Crippen LogP contribution in [-0.4, -0.2) is 50.9 Å². The van der Waals surface area contributed by atoms with Crippen LogP contribution in [0.15, 0.2) is 24.3 Å². The third kappa shape index (κ3) is 4.67. The van der Waals surface area contributed by atoms with Crippen LogP contribution in [-0.2, 0) is 16.6 Å². The fourth-order valence-corrected chi connectivity index (χ4v) is 5.19. The Bertz CT molecular complexity index is 1480. The highest BCUT2D eigenvalue weighted by Crippen LogP contribution is 2.40. The van der Waals surface area contributed by atoms with Gasteiger partial charge in [0.15, 0.2) is 5.52 Å². The van der Waals surface area contributed by atoms with E-state index in [1.54, 1.807) is 29.6 Å². The van der Waals surface area contributed by atoms with E-state index in [9.17, 15) is 14.7 Å². The number of hydrogen-bond acceptors (Lipinski definition) is 6. The Balaban J connectivity index is 1.59. The summed E-state index contributed by atoms with van der Waals surface area (Å²) in [6.07, 6.45) is 1.74. The highest BCUT2D eigenvalue weighted by molar-refractivity contribution is 6.12. The second-order valence-corrected chi connectivity index (χ2v) is 10.5. The van der Waals surface area contributed by atoms with Crippen LogP contribution in [0.25, 0.3) is 11.0 Å². The van der Waals surface area contributed by atoms with Crippen molar-refractivity contribution in [2.24, 2.45) is 18.9 Å². The average molecular weight is 516 g/mol. The lowest BCUT2D eigenvalue weighted by atomic mass is 9.82. The fraction of sp³-hybridized carbons (Fsp3) is 0.448. The first-order chi connectivity index (χ1) is 18.2. The highest BCUT2D eigenvalue weighted by Gasteiger charge is 2.37. The molecule has 1 atom stereocenters. The number of aliphatic carboxylic acids is 1. The topological polar surface area (TPSA) is 101 Å². The molecule has 3 heterocycles. The zero-order valence-corrected chi connectivity index (χ0v) is 22.5. The van der Waals surface area contributed by atoms with Crippen LogP contribution >= 0.6 is 0 Å². The number of anilines is 3. The van der Waals surface area contributed by atoms with Gasteiger partial charge in [-0.05, 0) is 87.3 Å². The quantitative estimate of drug-likeness (QED) is 0.487. The summed E-state index contributed by atoms with van der Waals surface area (Å²) in [5.41, 5.74) is 5.23. The number of hydrogen-bond donors (Lipinski definition) is 1. The zero-order valence-electron chi connectivity index (χ0n) is 22.5. The molecule has 2 aliphatic rings. The van der Waals surface area contributed by atoms with Crippen LogP contribution in [0, 0.1) is 37.5 Å². The van der Waals surface area contributed by atoms with E-state index < -0.39 is 11.9 Å². The number of benzene rings is 1. The molecule has 1 amide bonds. The molecule has 2 fully saturated rings. The number of nitrogens with zero attached hydrogens (tertiary/aromatic N) is 5. The van der Waals surface area contributed by atoms with Gasteiger partial charge in [0.2, 0.25) is 0 Å². The van der Waals surface area contributed by atoms with Gasteiger partial charge in [-0.2, -0.15) is 0 Å². The van der Waals surface area contributed by atoms with E-state index in [4.69, 9.17) is 9.72 Å². The second-order valence-electron chi connectivity index (χ2n) is 10.5. The van der Waals surface area contributed by atoms with Crippen LogP contribution in [0.1, 0.15) is 44.2 Å². The Morgan fingerprint density at radius 3 is 2.58 bits per heavy atom. The number of fused-ring (bicyclic) bond motifs is 1. The molecule has 198 valence electrons. The molecule has 1 aliphatic heterocycles. The number of amides is 1. The highest BCUT2D eigenvalue weighted by atomic mass is 16.5. The van der Waals surface area contributed by atoms with Crippen molar-refractivity contribution in [1.82, 2.24) is 14.8 Å². The first kappa shape index (κ1) is 25.6. The van der Waals surface area contributed by atoms with Gasteiger partial charge in [-0.1, -0.05) is 12.8 Å². The van der Waals surface area contributed by atoms with Gasteiger partial charge in [-0.15, -0.1) is 5.10 Å². The van der Waals surface area contributed by atoms with Gasteiger partial charge in [0, 0.05) is 20.1 Å². The van der Waals surface area contributed by atoms with Crippen molar-refractivity contribution in [1.29, 1.82) is 0 Å². The van der Waals surface area contributed by atoms with Crippen LogP contribution in [0.3, 0.4) is 0 Å². The van der Waals surface area contributed by atoms with Crippen LogP contribution < -0.4 is 14.5 Å². The van der Waals surface area contributed by atoms with Gasteiger partial charge >= 0.3 is 11.9 Å². The number of ether oxygens (including phenoxy) is 1. The van der Waals surface area contributed by atoms with Gasteiger partial charge < -0.3 is 14.7 Å². The number of carboxylic acid groups (broad SMARTS) is 1. The lowest BCUT2D eigenvalue weighted by Gasteiger charge is -2.31. The zero-order chi connectivity index (χ0) is 27.1. The van der Waals surface area contributed by atoms with Crippen molar-refractivity contribution >= 4 is 40.1 Å². The third-order valence-electron chi connectivity index (χ3n) is 7.63. The molecule has 9 nitrogen and oxygen atoms in total. The maximum Gasteiger partial charge on any atom is 0.308 e. The summed E-state index contributed by atoms with van der Waals surface area (Å²) < 4.78 is 7.75. The van der Waals surface area contributed by atoms with Gasteiger partial charge in [-0.3, -0.25) is 19.2 Å². The Labute approximate surface area is 222 Å². The normalized spacial score (nSPS) is 20.6. The van der Waals surface area contributed by atoms with E-state index in [0.29, 0.717) is 36.0 Å². The summed E-state index contributed by atoms with van der Waals surface area (Å²) >= 11 is 0. The maximum atomic E-state index is 13.5. The molecular formula is C29H33N5O4. The van der Waals surface area contributed by atoms with Crippen LogP contribution in [0.4, 0.5) is 17.2 Å². The maximum absolute atomic E-state index is 13.5. The van der Waals surface area contributed by atoms with E-state index in [1.165, 1.54) is 0 Å². The Hall–Kier alpha value is -4.06. The predicted molar refractivity (Wildman–Crippen MR) is 146 cm³/mol. The molecule has 2 aromatic heterocycles. The number of pyridine rings is 1. The van der Waals surface area contributed by atoms with E-state index in [2.05, 4.69) is 41.8 Å². The largest absolute Gasteiger partial charge is 0.481 e. The summed E-state index contributed by atoms with van der Waals surface area (Å²) in [6.45, 7) is 9.85. The summed E-state index contributed by atoms with van der Waals surface area (Å²) in [5, 5.41) is 13.7. The standard InChI is InChI=1S/C29H33N5O4/c1-6-7-26(35)34(24-13-19(4)18(3)12-23(24)33-11-10-17(2)16-33)25-9-8-22-27(30-25)28(31-32(22)5)38-21-14-20(15-21)29(36)37/h8-9,12-13,17,20-21H,10-11,14-16H2,1-5H3,(H,36,37). The SMILES string of the molecule is CC#CC(=O)N(c1ccc2c(n1)c(OC1CC(C(=O)O)C1)nn2C)c1cc(C)c(C)cc1N1CCC(C)C1. The molecule has 1 unspecified atom stereocenters. The van der Waals surface area contributed by atoms with Gasteiger partial charge in [0.05, 0.1) is 22.8 Å². The Morgan fingerprint density at radius 2 is 1.92 bits per heavy atom. The minimum Gasteiger partial charge on any atom is -0.481 e. The van der Waals surface area contributed by atoms with E-state index in [1.807, 2.05) is 19.1 Å². The number of carbonyl (C=O) groups is 2. The lowest BCUT2D eigenvalue weighted by molar-refractivity contribution is -0.148. The summed E-state index contributed by atoms with van der Waals surface area (Å²) in [4.78, 5) is 33.5. The fourth-order valence-electron chi connectivity index (χ4n) is 5.19. The van der Waals surface area contributed by atoms with Crippen molar-refractivity contribution < 1.29 is 19.4 Å². The van der Waals surface area contributed by atoms with Gasteiger partial charge in [0.1, 0.15) is 11.9 Å². The smallest absolute Gasteiger partial charge is 0.308 e. The monoisotopic (exact) mass is 515 g/mol. The van der Waals surface area contributed by atoms with E-state index >= 15 is 0 Å². The molecule has 9 heteroatoms. The second kappa shape index (κ2) is 10.0. The number of carboxylic acids is 1. The Kier molecular flexibility index (Phi) is 6.74. The van der Waals surface area contributed by atoms with Crippen molar-refractivity contribution in [2.75, 3.05) is 22.9 Å². The molecule has 1 N–H and O–H groups in total. The van der Waals surface area contributed by atoms with E-state index in [0.717, 1.165) is 47.5 Å². The minimum absolute atomic E-state index is 0.230. The molecule has 1 saturated heterocycles. The molecule has 38 heavy (non-hydrogen) atoms. The Morgan fingerprint density at radius 1 is 1.18 bits per heavy atom. The first-order valence-corrected chi connectivity index (χ1v) is 13.0. The molecule has 0 radical (unpaired) electrons. The summed E-state index contributed by atoms with van der Waals surface area (Å²) in [6, 6.07) is 7.86. The molecular weight excluding hydrogens is 482 g/mol. The predicted octanol–water partition coefficient (Wildman–Crippen LogP) is 4.36. The average Bonchev–Trinajstić information content (AvgIpc) is 3.41. The van der Waals surface area contributed by atoms with Crippen molar-refractivity contribution in [2.45, 2.75) is 53.1 Å². The number of aromatic nitrogens is 3. The summed E-state index contributed by atoms with van der Waals surface area (Å²) in [7, 11) is 1.80. The summed E-state index contributed by atoms with van der Waals surface area (Å²) in [5.74, 6) is 5.22. The molecule has 0 spiro atoms. The van der Waals surface area contributed by atoms with Crippen molar-refractivity contribution in [3.05, 3.63) is 35.4 Å². The molecule has 5 rings (SSSR count). The number of rotatable bonds is 6. The lowest BCUT2D eigenvalue weighted by Crippen LogP contribution is -2.38. The first-order valence-electron chi connectivity index (χ1n) is 13.0. The van der Waals surface area contributed by atoms with Crippen molar-refractivity contribution in [3.63, 3.8) is 0 Å². The molecule has 1 aliphatic carbocycles. The van der Waals surface area contributed by atoms with Gasteiger partial charge in [-0.25, -0.2) is 4.98 Å². The van der Waals surface area contributed by atoms with Crippen LogP contribution in [0.2, 0.25) is 0 Å². The number of aryl methyl sites for hydroxylation is 3. The molecule has 1 aromatic carbocycles. The molecule has 3 aromatic rings. The number of carbonyl (C=O) groups excluding carboxylic acids is 1. The molecule has 1 saturated carbocycles. The van der Waals surface area contributed by atoms with Crippen LogP contribution in [0.5, 0.6) is 5.88 Å². The molecule has 0 bridgehead atoms. The van der Waals surface area contributed by atoms with Gasteiger partial charge in [0.25, 0.3) is 5.88 Å². The third-order valence-corrected chi connectivity index (χ3v) is 7.63. The van der Waals surface area contributed by atoms with Crippen molar-refractivity contribution in [3.8, 4) is 17.7 Å². The van der Waals surface area contributed by atoms with E-state index in [-0.39, 0.29) is 12.0 Å². The minimum atomic E-state index is -0.807.